The summed E-state index contributed by atoms with van der Waals surface area (Å²) in [7, 11) is 0. The number of pyridine rings is 2. The van der Waals surface area contributed by atoms with Gasteiger partial charge in [0.25, 0.3) is 0 Å². The van der Waals surface area contributed by atoms with Crippen LogP contribution in [0.5, 0.6) is 5.88 Å². The molecule has 1 N–H and O–H groups in total. The van der Waals surface area contributed by atoms with E-state index < -0.39 is 35.5 Å². The number of halogens is 4. The third-order valence-corrected chi connectivity index (χ3v) is 8.88. The van der Waals surface area contributed by atoms with Crippen molar-refractivity contribution >= 4 is 40.4 Å². The molecular weight excluding hydrogens is 585 g/mol. The average molecular weight is 611 g/mol. The van der Waals surface area contributed by atoms with E-state index in [9.17, 15) is 23.1 Å². The number of anilines is 2. The predicted octanol–water partition coefficient (Wildman–Crippen LogP) is 4.98. The molecule has 0 aliphatic carbocycles. The number of carboxylic acid groups (broad SMARTS) is 1. The zero-order valence-corrected chi connectivity index (χ0v) is 23.4. The van der Waals surface area contributed by atoms with Crippen molar-refractivity contribution in [2.75, 3.05) is 42.7 Å². The summed E-state index contributed by atoms with van der Waals surface area (Å²) in [5.74, 6) is -1.02. The van der Waals surface area contributed by atoms with Gasteiger partial charge in [0.2, 0.25) is 5.88 Å². The van der Waals surface area contributed by atoms with Crippen molar-refractivity contribution in [3.8, 4) is 16.5 Å². The maximum absolute atomic E-state index is 13.8. The lowest BCUT2D eigenvalue weighted by Crippen LogP contribution is -2.68. The highest BCUT2D eigenvalue weighted by atomic mass is 35.5. The number of aliphatic carboxylic acids is 1. The van der Waals surface area contributed by atoms with E-state index in [1.807, 2.05) is 6.92 Å². The van der Waals surface area contributed by atoms with Crippen LogP contribution in [-0.2, 0) is 20.4 Å². The van der Waals surface area contributed by atoms with Crippen LogP contribution in [0.2, 0.25) is 5.02 Å². The number of aromatic nitrogens is 2. The Bertz CT molecular complexity index is 1440. The van der Waals surface area contributed by atoms with E-state index in [-0.39, 0.29) is 36.4 Å². The highest BCUT2D eigenvalue weighted by Gasteiger charge is 2.50. The predicted molar refractivity (Wildman–Crippen MR) is 146 cm³/mol. The molecule has 3 aromatic rings. The highest BCUT2D eigenvalue weighted by molar-refractivity contribution is 7.13. The summed E-state index contributed by atoms with van der Waals surface area (Å²) < 4.78 is 59.2. The minimum atomic E-state index is -4.64. The molecular formula is C27H26ClF3N4O5S. The van der Waals surface area contributed by atoms with E-state index in [0.29, 0.717) is 42.0 Å². The minimum absolute atomic E-state index is 0.00462. The third-order valence-electron chi connectivity index (χ3n) is 7.78. The van der Waals surface area contributed by atoms with Crippen LogP contribution in [0.1, 0.15) is 18.9 Å². The molecule has 3 aliphatic heterocycles. The van der Waals surface area contributed by atoms with Crippen LogP contribution < -0.4 is 14.5 Å². The highest BCUT2D eigenvalue weighted by Crippen LogP contribution is 2.41. The number of hydrogen-bond donors (Lipinski definition) is 1. The normalized spacial score (nSPS) is 24.0. The van der Waals surface area contributed by atoms with Crippen LogP contribution in [0.3, 0.4) is 0 Å². The quantitative estimate of drug-likeness (QED) is 0.414. The van der Waals surface area contributed by atoms with Crippen LogP contribution >= 0.6 is 22.9 Å². The van der Waals surface area contributed by atoms with Crippen molar-refractivity contribution in [2.45, 2.75) is 43.3 Å². The van der Waals surface area contributed by atoms with Crippen molar-refractivity contribution in [1.82, 2.24) is 9.97 Å². The van der Waals surface area contributed by atoms with Crippen molar-refractivity contribution in [3.05, 3.63) is 52.5 Å². The number of carbonyl (C=O) groups is 1. The molecule has 0 amide bonds. The Morgan fingerprint density at radius 2 is 2.07 bits per heavy atom. The Kier molecular flexibility index (Phi) is 7.25. The molecule has 3 atom stereocenters. The van der Waals surface area contributed by atoms with Gasteiger partial charge in [0.15, 0.2) is 0 Å². The fourth-order valence-corrected chi connectivity index (χ4v) is 6.36. The average Bonchev–Trinajstić information content (AvgIpc) is 3.59. The number of rotatable bonds is 6. The molecule has 6 rings (SSSR count). The minimum Gasteiger partial charge on any atom is -0.480 e. The lowest BCUT2D eigenvalue weighted by Gasteiger charge is -2.53. The molecule has 3 aliphatic rings. The monoisotopic (exact) mass is 610 g/mol. The summed E-state index contributed by atoms with van der Waals surface area (Å²) in [6.07, 6.45) is -3.88. The molecule has 0 aromatic carbocycles. The number of nitrogens with zero attached hydrogens (tertiary/aromatic N) is 4. The summed E-state index contributed by atoms with van der Waals surface area (Å²) in [6, 6.07) is 5.75. The standard InChI is InChI=1S/C27H26ClF3N4O5S/c1-15-26(13-38-14-26)39-5-4-34(15)20-9-17(28)11-32-24(20)40-18-10-21(25(36)37)35(12-18)23-8-16(27(29,30)31)7-19(33-23)22-3-2-6-41-22/h2-3,6-9,11,15,18,21H,4-5,10,12-14H2,1H3,(H,36,37)/t15-,18-,21-/m0/s1. The Hall–Kier alpha value is -3.13. The largest absolute Gasteiger partial charge is 0.480 e. The van der Waals surface area contributed by atoms with Crippen molar-refractivity contribution in [2.24, 2.45) is 0 Å². The smallest absolute Gasteiger partial charge is 0.416 e. The maximum Gasteiger partial charge on any atom is 0.416 e. The number of thiophene rings is 1. The molecule has 14 heteroatoms. The van der Waals surface area contributed by atoms with Gasteiger partial charge < -0.3 is 29.1 Å². The van der Waals surface area contributed by atoms with Crippen LogP contribution in [0.25, 0.3) is 10.6 Å². The molecule has 41 heavy (non-hydrogen) atoms. The molecule has 6 heterocycles. The first kappa shape index (κ1) is 28.0. The van der Waals surface area contributed by atoms with Gasteiger partial charge in [-0.15, -0.1) is 11.3 Å². The third kappa shape index (κ3) is 5.31. The molecule has 218 valence electrons. The second-order valence-electron chi connectivity index (χ2n) is 10.3. The Labute approximate surface area is 242 Å². The molecule has 3 fully saturated rings. The SMILES string of the molecule is C[C@@H]1N(c2cc(Cl)cnc2O[C@H]2C[C@@H](C(=O)O)N(c3cc(C(F)(F)F)cc(-c4cccs4)n3)C2)CCOC12COC2. The summed E-state index contributed by atoms with van der Waals surface area (Å²) in [5.41, 5.74) is -0.611. The van der Waals surface area contributed by atoms with E-state index in [0.717, 1.165) is 12.1 Å². The number of ether oxygens (including phenoxy) is 3. The van der Waals surface area contributed by atoms with Gasteiger partial charge in [-0.25, -0.2) is 14.8 Å². The topological polar surface area (TPSA) is 97.3 Å². The van der Waals surface area contributed by atoms with Gasteiger partial charge in [-0.1, -0.05) is 17.7 Å². The van der Waals surface area contributed by atoms with E-state index in [1.165, 1.54) is 22.4 Å². The van der Waals surface area contributed by atoms with Crippen molar-refractivity contribution < 1.29 is 37.3 Å². The van der Waals surface area contributed by atoms with Crippen LogP contribution in [0.4, 0.5) is 24.7 Å². The van der Waals surface area contributed by atoms with E-state index in [4.69, 9.17) is 25.8 Å². The summed E-state index contributed by atoms with van der Waals surface area (Å²) in [5, 5.41) is 12.2. The second-order valence-corrected chi connectivity index (χ2v) is 11.7. The van der Waals surface area contributed by atoms with Crippen LogP contribution in [-0.4, -0.2) is 77.7 Å². The fraction of sp³-hybridized carbons (Fsp3) is 0.444. The first-order valence-corrected chi connectivity index (χ1v) is 14.2. The van der Waals surface area contributed by atoms with E-state index >= 15 is 0 Å². The van der Waals surface area contributed by atoms with Gasteiger partial charge in [0, 0.05) is 19.2 Å². The van der Waals surface area contributed by atoms with Gasteiger partial charge >= 0.3 is 12.1 Å². The Morgan fingerprint density at radius 3 is 2.73 bits per heavy atom. The zero-order chi connectivity index (χ0) is 28.9. The number of hydrogen-bond acceptors (Lipinski definition) is 9. The van der Waals surface area contributed by atoms with Gasteiger partial charge in [-0.2, -0.15) is 13.2 Å². The zero-order valence-electron chi connectivity index (χ0n) is 21.8. The van der Waals surface area contributed by atoms with Gasteiger partial charge in [0.05, 0.1) is 53.6 Å². The lowest BCUT2D eigenvalue weighted by atomic mass is 9.90. The van der Waals surface area contributed by atoms with E-state index in [1.54, 1.807) is 23.6 Å². The lowest BCUT2D eigenvalue weighted by molar-refractivity contribution is -0.228. The second kappa shape index (κ2) is 10.6. The summed E-state index contributed by atoms with van der Waals surface area (Å²) in [6.45, 7) is 3.96. The van der Waals surface area contributed by atoms with Crippen molar-refractivity contribution in [3.63, 3.8) is 0 Å². The molecule has 0 bridgehead atoms. The van der Waals surface area contributed by atoms with E-state index in [2.05, 4.69) is 14.9 Å². The Balaban J connectivity index is 1.30. The maximum atomic E-state index is 13.8. The molecule has 1 spiro atoms. The summed E-state index contributed by atoms with van der Waals surface area (Å²) in [4.78, 5) is 25.1. The van der Waals surface area contributed by atoms with Crippen LogP contribution in [0.15, 0.2) is 41.9 Å². The molecule has 9 nitrogen and oxygen atoms in total. The summed E-state index contributed by atoms with van der Waals surface area (Å²) >= 11 is 7.56. The molecule has 3 aromatic heterocycles. The molecule has 0 unspecified atom stereocenters. The fourth-order valence-electron chi connectivity index (χ4n) is 5.52. The Morgan fingerprint density at radius 1 is 1.27 bits per heavy atom. The number of carboxylic acids is 1. The van der Waals surface area contributed by atoms with Gasteiger partial charge in [-0.3, -0.25) is 0 Å². The molecule has 0 radical (unpaired) electrons. The first-order chi connectivity index (χ1) is 19.5. The van der Waals surface area contributed by atoms with Gasteiger partial charge in [0.1, 0.15) is 29.3 Å². The number of morpholine rings is 1. The number of alkyl halides is 3. The first-order valence-electron chi connectivity index (χ1n) is 13.0. The molecule has 3 saturated heterocycles. The van der Waals surface area contributed by atoms with Crippen LogP contribution in [0, 0.1) is 0 Å². The van der Waals surface area contributed by atoms with Gasteiger partial charge in [-0.05, 0) is 36.6 Å². The molecule has 0 saturated carbocycles. The van der Waals surface area contributed by atoms with Crippen molar-refractivity contribution in [1.29, 1.82) is 0 Å².